The van der Waals surface area contributed by atoms with Crippen LogP contribution in [0.2, 0.25) is 0 Å². The Morgan fingerprint density at radius 3 is 3.00 bits per heavy atom. The van der Waals surface area contributed by atoms with Crippen molar-refractivity contribution < 1.29 is 9.13 Å². The summed E-state index contributed by atoms with van der Waals surface area (Å²) in [5.41, 5.74) is 0.534. The predicted molar refractivity (Wildman–Crippen MR) is 55.3 cm³/mol. The second-order valence-electron chi connectivity index (χ2n) is 2.51. The topological polar surface area (TPSA) is 37.9 Å². The number of ether oxygens (including phenoxy) is 1. The third-order valence-corrected chi connectivity index (χ3v) is 2.58. The van der Waals surface area contributed by atoms with Gasteiger partial charge in [0.1, 0.15) is 20.8 Å². The van der Waals surface area contributed by atoms with E-state index in [1.807, 2.05) is 22.6 Å². The van der Waals surface area contributed by atoms with Crippen molar-refractivity contribution in [2.24, 2.45) is 0 Å². The van der Waals surface area contributed by atoms with Crippen molar-refractivity contribution in [1.82, 2.24) is 10.2 Å². The summed E-state index contributed by atoms with van der Waals surface area (Å²) in [7, 11) is 1.54. The van der Waals surface area contributed by atoms with Gasteiger partial charge in [0.25, 0.3) is 0 Å². The molecule has 5 heteroatoms. The van der Waals surface area contributed by atoms with Crippen LogP contribution in [-0.2, 0) is 0 Å². The molecule has 0 saturated carbocycles. The number of nitrogens with one attached hydrogen (secondary N) is 1. The Balaban J connectivity index is 2.87. The summed E-state index contributed by atoms with van der Waals surface area (Å²) >= 11 is 2.00. The Kier molecular flexibility index (Phi) is 2.10. The van der Waals surface area contributed by atoms with Gasteiger partial charge in [-0.15, -0.1) is 0 Å². The summed E-state index contributed by atoms with van der Waals surface area (Å²) in [5, 5.41) is 7.15. The average molecular weight is 292 g/mol. The van der Waals surface area contributed by atoms with Crippen LogP contribution in [0, 0.1) is 9.52 Å². The Morgan fingerprint density at radius 1 is 1.54 bits per heavy atom. The van der Waals surface area contributed by atoms with Crippen LogP contribution < -0.4 is 4.74 Å². The SMILES string of the molecule is COc1ccc(F)c2c(I)[nH]nc12. The first-order valence-electron chi connectivity index (χ1n) is 3.60. The van der Waals surface area contributed by atoms with Crippen molar-refractivity contribution >= 4 is 33.5 Å². The molecule has 0 fully saturated rings. The number of halogens is 2. The highest BCUT2D eigenvalue weighted by Crippen LogP contribution is 2.28. The molecule has 0 aliphatic heterocycles. The summed E-state index contributed by atoms with van der Waals surface area (Å²) in [6.07, 6.45) is 0. The molecule has 1 N–H and O–H groups in total. The van der Waals surface area contributed by atoms with E-state index in [9.17, 15) is 4.39 Å². The van der Waals surface area contributed by atoms with Crippen LogP contribution in [0.5, 0.6) is 5.75 Å². The highest BCUT2D eigenvalue weighted by Gasteiger charge is 2.12. The molecule has 0 bridgehead atoms. The number of aromatic amines is 1. The number of aromatic nitrogens is 2. The molecule has 0 aliphatic rings. The van der Waals surface area contributed by atoms with E-state index in [4.69, 9.17) is 4.74 Å². The highest BCUT2D eigenvalue weighted by atomic mass is 127. The normalized spacial score (nSPS) is 10.7. The lowest BCUT2D eigenvalue weighted by Gasteiger charge is -1.99. The molecule has 13 heavy (non-hydrogen) atoms. The van der Waals surface area contributed by atoms with Crippen LogP contribution in [0.3, 0.4) is 0 Å². The molecule has 1 aromatic heterocycles. The van der Waals surface area contributed by atoms with Crippen LogP contribution >= 0.6 is 22.6 Å². The lowest BCUT2D eigenvalue weighted by atomic mass is 10.2. The predicted octanol–water partition coefficient (Wildman–Crippen LogP) is 2.32. The second kappa shape index (κ2) is 3.13. The first-order valence-corrected chi connectivity index (χ1v) is 4.68. The molecule has 3 nitrogen and oxygen atoms in total. The van der Waals surface area contributed by atoms with Gasteiger partial charge in [0, 0.05) is 0 Å². The van der Waals surface area contributed by atoms with Gasteiger partial charge >= 0.3 is 0 Å². The van der Waals surface area contributed by atoms with E-state index in [0.717, 1.165) is 0 Å². The van der Waals surface area contributed by atoms with E-state index in [0.29, 0.717) is 20.4 Å². The fraction of sp³-hybridized carbons (Fsp3) is 0.125. The molecule has 0 aliphatic carbocycles. The van der Waals surface area contributed by atoms with Gasteiger partial charge in [-0.2, -0.15) is 5.10 Å². The summed E-state index contributed by atoms with van der Waals surface area (Å²) in [4.78, 5) is 0. The number of nitrogens with zero attached hydrogens (tertiary/aromatic N) is 1. The number of hydrogen-bond acceptors (Lipinski definition) is 2. The van der Waals surface area contributed by atoms with Gasteiger partial charge in [0.05, 0.1) is 12.5 Å². The fourth-order valence-electron chi connectivity index (χ4n) is 1.19. The Morgan fingerprint density at radius 2 is 2.31 bits per heavy atom. The molecule has 2 rings (SSSR count). The van der Waals surface area contributed by atoms with Crippen LogP contribution in [0.15, 0.2) is 12.1 Å². The maximum atomic E-state index is 13.3. The van der Waals surface area contributed by atoms with Crippen molar-refractivity contribution in [3.63, 3.8) is 0 Å². The quantitative estimate of drug-likeness (QED) is 0.819. The molecule has 2 aromatic rings. The fourth-order valence-corrected chi connectivity index (χ4v) is 1.83. The molecule has 0 unspecified atom stereocenters. The van der Waals surface area contributed by atoms with Gasteiger partial charge < -0.3 is 4.74 Å². The Bertz CT molecular complexity index is 455. The van der Waals surface area contributed by atoms with Crippen LogP contribution in [0.1, 0.15) is 0 Å². The maximum Gasteiger partial charge on any atom is 0.147 e. The summed E-state index contributed by atoms with van der Waals surface area (Å²) < 4.78 is 19.0. The van der Waals surface area contributed by atoms with E-state index in [1.54, 1.807) is 6.07 Å². The smallest absolute Gasteiger partial charge is 0.147 e. The third kappa shape index (κ3) is 1.27. The number of benzene rings is 1. The van der Waals surface area contributed by atoms with Crippen LogP contribution in [-0.4, -0.2) is 17.3 Å². The summed E-state index contributed by atoms with van der Waals surface area (Å²) in [6, 6.07) is 2.94. The van der Waals surface area contributed by atoms with E-state index in [2.05, 4.69) is 10.2 Å². The number of methoxy groups -OCH3 is 1. The van der Waals surface area contributed by atoms with E-state index in [1.165, 1.54) is 13.2 Å². The molecule has 1 aromatic carbocycles. The van der Waals surface area contributed by atoms with Gasteiger partial charge in [-0.25, -0.2) is 4.39 Å². The minimum absolute atomic E-state index is 0.283. The Hall–Kier alpha value is -0.850. The minimum atomic E-state index is -0.283. The molecule has 0 atom stereocenters. The van der Waals surface area contributed by atoms with Crippen molar-refractivity contribution in [2.75, 3.05) is 7.11 Å². The number of rotatable bonds is 1. The van der Waals surface area contributed by atoms with E-state index >= 15 is 0 Å². The monoisotopic (exact) mass is 292 g/mol. The number of H-pyrrole nitrogens is 1. The molecule has 0 radical (unpaired) electrons. The van der Waals surface area contributed by atoms with Crippen molar-refractivity contribution in [2.45, 2.75) is 0 Å². The third-order valence-electron chi connectivity index (χ3n) is 1.80. The van der Waals surface area contributed by atoms with Gasteiger partial charge in [0.15, 0.2) is 0 Å². The first kappa shape index (κ1) is 8.74. The number of fused-ring (bicyclic) bond motifs is 1. The number of hydrogen-bond donors (Lipinski definition) is 1. The van der Waals surface area contributed by atoms with E-state index in [-0.39, 0.29) is 5.82 Å². The average Bonchev–Trinajstić information content (AvgIpc) is 2.50. The molecular formula is C8H6FIN2O. The van der Waals surface area contributed by atoms with Crippen molar-refractivity contribution in [3.05, 3.63) is 21.7 Å². The zero-order valence-electron chi connectivity index (χ0n) is 6.77. The standard InChI is InChI=1S/C8H6FIN2O/c1-13-5-3-2-4(9)6-7(5)11-12-8(6)10/h2-3H,1H3,(H,11,12). The van der Waals surface area contributed by atoms with Crippen molar-refractivity contribution in [1.29, 1.82) is 0 Å². The molecule has 0 amide bonds. The van der Waals surface area contributed by atoms with Crippen molar-refractivity contribution in [3.8, 4) is 5.75 Å². The van der Waals surface area contributed by atoms with Gasteiger partial charge in [-0.1, -0.05) is 0 Å². The zero-order valence-corrected chi connectivity index (χ0v) is 8.92. The van der Waals surface area contributed by atoms with E-state index < -0.39 is 0 Å². The molecule has 0 spiro atoms. The van der Waals surface area contributed by atoms with Gasteiger partial charge in [0.2, 0.25) is 0 Å². The zero-order chi connectivity index (χ0) is 9.42. The highest BCUT2D eigenvalue weighted by molar-refractivity contribution is 14.1. The molecular weight excluding hydrogens is 286 g/mol. The Labute approximate surface area is 87.4 Å². The summed E-state index contributed by atoms with van der Waals surface area (Å²) in [5.74, 6) is 0.296. The van der Waals surface area contributed by atoms with Crippen LogP contribution in [0.4, 0.5) is 4.39 Å². The maximum absolute atomic E-state index is 13.3. The molecule has 68 valence electrons. The first-order chi connectivity index (χ1) is 6.24. The van der Waals surface area contributed by atoms with Gasteiger partial charge in [-0.05, 0) is 34.7 Å². The second-order valence-corrected chi connectivity index (χ2v) is 3.59. The molecule has 1 heterocycles. The van der Waals surface area contributed by atoms with Crippen LogP contribution in [0.25, 0.3) is 10.9 Å². The molecule has 0 saturated heterocycles. The van der Waals surface area contributed by atoms with Gasteiger partial charge in [-0.3, -0.25) is 5.10 Å². The largest absolute Gasteiger partial charge is 0.494 e. The lowest BCUT2D eigenvalue weighted by molar-refractivity contribution is 0.418. The lowest BCUT2D eigenvalue weighted by Crippen LogP contribution is -1.86. The minimum Gasteiger partial charge on any atom is -0.494 e. The summed E-state index contributed by atoms with van der Waals surface area (Å²) in [6.45, 7) is 0.